The molecule has 2 aromatic heterocycles. The summed E-state index contributed by atoms with van der Waals surface area (Å²) >= 11 is 0. The Balaban J connectivity index is 1.42. The molecule has 1 fully saturated rings. The molecule has 0 atom stereocenters. The van der Waals surface area contributed by atoms with Crippen LogP contribution in [-0.2, 0) is 11.3 Å². The van der Waals surface area contributed by atoms with Crippen LogP contribution in [0.4, 0.5) is 5.69 Å². The third kappa shape index (κ3) is 3.60. The van der Waals surface area contributed by atoms with E-state index in [9.17, 15) is 9.59 Å². The third-order valence-electron chi connectivity index (χ3n) is 5.75. The zero-order valence-electron chi connectivity index (χ0n) is 17.7. The van der Waals surface area contributed by atoms with E-state index >= 15 is 0 Å². The molecule has 8 nitrogen and oxygen atoms in total. The molecule has 0 unspecified atom stereocenters. The van der Waals surface area contributed by atoms with E-state index in [1.807, 2.05) is 66.4 Å². The number of pyridine rings is 1. The lowest BCUT2D eigenvalue weighted by atomic mass is 10.1. The van der Waals surface area contributed by atoms with E-state index in [0.717, 1.165) is 35.1 Å². The van der Waals surface area contributed by atoms with Gasteiger partial charge < -0.3 is 10.2 Å². The molecule has 0 spiro atoms. The molecule has 2 amide bonds. The lowest BCUT2D eigenvalue weighted by Crippen LogP contribution is -2.25. The van der Waals surface area contributed by atoms with E-state index in [0.29, 0.717) is 24.3 Å². The highest BCUT2D eigenvalue weighted by atomic mass is 16.2. The minimum Gasteiger partial charge on any atom is -0.338 e. The summed E-state index contributed by atoms with van der Waals surface area (Å²) in [6, 6.07) is 17.2. The second kappa shape index (κ2) is 8.22. The molecule has 0 radical (unpaired) electrons. The molecule has 0 bridgehead atoms. The average molecular weight is 426 g/mol. The first-order valence-electron chi connectivity index (χ1n) is 10.6. The Morgan fingerprint density at radius 3 is 2.78 bits per heavy atom. The van der Waals surface area contributed by atoms with Crippen LogP contribution in [-0.4, -0.2) is 43.2 Å². The number of carbonyl (C=O) groups excluding carboxylic acids is 2. The summed E-state index contributed by atoms with van der Waals surface area (Å²) in [5.74, 6) is -0.198. The Kier molecular flexibility index (Phi) is 5.10. The Labute approximate surface area is 184 Å². The Morgan fingerprint density at radius 2 is 1.94 bits per heavy atom. The number of para-hydroxylation sites is 2. The van der Waals surface area contributed by atoms with E-state index in [4.69, 9.17) is 0 Å². The molecule has 5 rings (SSSR count). The molecule has 1 N–H and O–H groups in total. The number of hydrogen-bond donors (Lipinski definition) is 1. The van der Waals surface area contributed by atoms with Gasteiger partial charge in [-0.2, -0.15) is 0 Å². The van der Waals surface area contributed by atoms with Gasteiger partial charge in [0.2, 0.25) is 5.91 Å². The smallest absolute Gasteiger partial charge is 0.278 e. The van der Waals surface area contributed by atoms with Crippen molar-refractivity contribution in [3.05, 3.63) is 77.7 Å². The number of hydrogen-bond acceptors (Lipinski definition) is 5. The van der Waals surface area contributed by atoms with E-state index in [1.165, 1.54) is 0 Å². The summed E-state index contributed by atoms with van der Waals surface area (Å²) in [7, 11) is 0. The number of amides is 2. The number of nitrogens with zero attached hydrogens (tertiary/aromatic N) is 5. The summed E-state index contributed by atoms with van der Waals surface area (Å²) in [5.41, 5.74) is 3.96. The molecule has 3 heterocycles. The highest BCUT2D eigenvalue weighted by Crippen LogP contribution is 2.23. The minimum absolute atomic E-state index is 0.147. The summed E-state index contributed by atoms with van der Waals surface area (Å²) in [6.07, 6.45) is 3.19. The molecule has 32 heavy (non-hydrogen) atoms. The summed E-state index contributed by atoms with van der Waals surface area (Å²) < 4.78 is 1.64. The maximum atomic E-state index is 13.1. The first-order valence-corrected chi connectivity index (χ1v) is 10.6. The number of carbonyl (C=O) groups is 2. The van der Waals surface area contributed by atoms with Crippen molar-refractivity contribution in [1.29, 1.82) is 0 Å². The fourth-order valence-corrected chi connectivity index (χ4v) is 4.07. The van der Waals surface area contributed by atoms with Crippen LogP contribution in [0.5, 0.6) is 0 Å². The van der Waals surface area contributed by atoms with Crippen molar-refractivity contribution < 1.29 is 9.59 Å². The number of nitrogens with one attached hydrogen (secondary N) is 1. The van der Waals surface area contributed by atoms with Crippen molar-refractivity contribution in [2.75, 3.05) is 11.9 Å². The molecule has 0 aliphatic carbocycles. The standard InChI is InChI=1S/C24H22N6O2/c1-16-22(27-28-30(16)20-11-4-8-17-9-5-13-25-23(17)20)24(32)26-19-10-3-2-7-18(19)15-29-14-6-12-21(29)31/h2-5,7-11,13H,6,12,14-15H2,1H3,(H,26,32). The van der Waals surface area contributed by atoms with Crippen molar-refractivity contribution in [1.82, 2.24) is 24.9 Å². The van der Waals surface area contributed by atoms with Crippen molar-refractivity contribution in [2.24, 2.45) is 0 Å². The van der Waals surface area contributed by atoms with E-state index in [-0.39, 0.29) is 17.5 Å². The topological polar surface area (TPSA) is 93.0 Å². The van der Waals surface area contributed by atoms with Gasteiger partial charge >= 0.3 is 0 Å². The van der Waals surface area contributed by atoms with Gasteiger partial charge in [0.25, 0.3) is 5.91 Å². The van der Waals surface area contributed by atoms with Gasteiger partial charge in [0.05, 0.1) is 16.9 Å². The lowest BCUT2D eigenvalue weighted by molar-refractivity contribution is -0.128. The van der Waals surface area contributed by atoms with Crippen molar-refractivity contribution in [3.8, 4) is 5.69 Å². The summed E-state index contributed by atoms with van der Waals surface area (Å²) in [5, 5.41) is 12.3. The quantitative estimate of drug-likeness (QED) is 0.527. The van der Waals surface area contributed by atoms with E-state index in [2.05, 4.69) is 20.6 Å². The number of fused-ring (bicyclic) bond motifs is 1. The fourth-order valence-electron chi connectivity index (χ4n) is 4.07. The largest absolute Gasteiger partial charge is 0.338 e. The van der Waals surface area contributed by atoms with Crippen LogP contribution in [0.25, 0.3) is 16.6 Å². The first kappa shape index (κ1) is 19.9. The second-order valence-corrected chi connectivity index (χ2v) is 7.82. The van der Waals surface area contributed by atoms with Crippen molar-refractivity contribution >= 4 is 28.4 Å². The minimum atomic E-state index is -0.345. The van der Waals surface area contributed by atoms with E-state index in [1.54, 1.807) is 10.9 Å². The normalized spacial score (nSPS) is 13.7. The van der Waals surface area contributed by atoms with Crippen LogP contribution in [0.2, 0.25) is 0 Å². The number of aromatic nitrogens is 4. The first-order chi connectivity index (χ1) is 15.6. The maximum Gasteiger partial charge on any atom is 0.278 e. The molecule has 4 aromatic rings. The van der Waals surface area contributed by atoms with Gasteiger partial charge in [0.1, 0.15) is 0 Å². The van der Waals surface area contributed by atoms with Crippen LogP contribution >= 0.6 is 0 Å². The number of rotatable bonds is 5. The van der Waals surface area contributed by atoms with Crippen LogP contribution in [0.1, 0.15) is 34.6 Å². The van der Waals surface area contributed by atoms with Crippen LogP contribution in [0.15, 0.2) is 60.8 Å². The van der Waals surface area contributed by atoms with Gasteiger partial charge in [-0.25, -0.2) is 4.68 Å². The van der Waals surface area contributed by atoms with Crippen LogP contribution in [0, 0.1) is 6.92 Å². The molecule has 8 heteroatoms. The molecule has 160 valence electrons. The molecular weight excluding hydrogens is 404 g/mol. The van der Waals surface area contributed by atoms with Crippen molar-refractivity contribution in [2.45, 2.75) is 26.3 Å². The fraction of sp³-hybridized carbons (Fsp3) is 0.208. The number of likely N-dealkylation sites (tertiary alicyclic amines) is 1. The van der Waals surface area contributed by atoms with Gasteiger partial charge in [0, 0.05) is 36.8 Å². The average Bonchev–Trinajstić information content (AvgIpc) is 3.40. The maximum absolute atomic E-state index is 13.1. The monoisotopic (exact) mass is 426 g/mol. The number of anilines is 1. The highest BCUT2D eigenvalue weighted by Gasteiger charge is 2.23. The summed E-state index contributed by atoms with van der Waals surface area (Å²) in [6.45, 7) is 3.03. The van der Waals surface area contributed by atoms with Gasteiger partial charge in [-0.3, -0.25) is 14.6 Å². The third-order valence-corrected chi connectivity index (χ3v) is 5.75. The van der Waals surface area contributed by atoms with Gasteiger partial charge in [-0.15, -0.1) is 5.10 Å². The summed E-state index contributed by atoms with van der Waals surface area (Å²) in [4.78, 5) is 31.4. The van der Waals surface area contributed by atoms with E-state index < -0.39 is 0 Å². The molecule has 2 aromatic carbocycles. The SMILES string of the molecule is Cc1c(C(=O)Nc2ccccc2CN2CCCC2=O)nnn1-c1cccc2cccnc12. The van der Waals surface area contributed by atoms with Gasteiger partial charge in [-0.1, -0.05) is 41.6 Å². The predicted octanol–water partition coefficient (Wildman–Crippen LogP) is 3.50. The highest BCUT2D eigenvalue weighted by molar-refractivity contribution is 6.04. The van der Waals surface area contributed by atoms with Gasteiger partial charge in [0.15, 0.2) is 5.69 Å². The van der Waals surface area contributed by atoms with Gasteiger partial charge in [-0.05, 0) is 37.1 Å². The zero-order chi connectivity index (χ0) is 22.1. The number of benzene rings is 2. The Bertz CT molecular complexity index is 1320. The molecule has 1 aliphatic rings. The molecule has 1 saturated heterocycles. The zero-order valence-corrected chi connectivity index (χ0v) is 17.7. The lowest BCUT2D eigenvalue weighted by Gasteiger charge is -2.18. The van der Waals surface area contributed by atoms with Crippen molar-refractivity contribution in [3.63, 3.8) is 0 Å². The Hall–Kier alpha value is -4.07. The van der Waals surface area contributed by atoms with Crippen LogP contribution in [0.3, 0.4) is 0 Å². The predicted molar refractivity (Wildman–Crippen MR) is 120 cm³/mol. The molecule has 0 saturated carbocycles. The second-order valence-electron chi connectivity index (χ2n) is 7.82. The Morgan fingerprint density at radius 1 is 1.09 bits per heavy atom. The molecule has 1 aliphatic heterocycles. The molecular formula is C24H22N6O2. The van der Waals surface area contributed by atoms with Crippen LogP contribution < -0.4 is 5.32 Å².